The number of amides is 2. The van der Waals surface area contributed by atoms with Gasteiger partial charge in [0.1, 0.15) is 5.82 Å². The highest BCUT2D eigenvalue weighted by atomic mass is 19.1. The number of benzene rings is 1. The number of carbonyl (C=O) groups excluding carboxylic acids is 1. The number of halogens is 1. The number of aliphatic hydroxyl groups excluding tert-OH is 1. The smallest absolute Gasteiger partial charge is 0.314 e. The highest BCUT2D eigenvalue weighted by molar-refractivity contribution is 5.74. The van der Waals surface area contributed by atoms with Crippen molar-refractivity contribution in [1.82, 2.24) is 10.6 Å². The molecule has 0 aliphatic heterocycles. The van der Waals surface area contributed by atoms with Crippen LogP contribution in [-0.4, -0.2) is 30.3 Å². The summed E-state index contributed by atoms with van der Waals surface area (Å²) in [6.45, 7) is 6.34. The standard InChI is InChI=1S/C17H25FN2O2/c1-16(2,3)14(21)10-19-15(22)20-11-17(8-9-17)12-6-4-5-7-13(12)18/h4-7,14,21H,8-11H2,1-3H3,(H2,19,20,22). The Balaban J connectivity index is 1.83. The monoisotopic (exact) mass is 308 g/mol. The van der Waals surface area contributed by atoms with Gasteiger partial charge in [0.05, 0.1) is 6.10 Å². The van der Waals surface area contributed by atoms with Crippen molar-refractivity contribution in [3.63, 3.8) is 0 Å². The van der Waals surface area contributed by atoms with Crippen molar-refractivity contribution in [3.8, 4) is 0 Å². The van der Waals surface area contributed by atoms with E-state index in [1.807, 2.05) is 26.8 Å². The number of carbonyl (C=O) groups is 1. The van der Waals surface area contributed by atoms with Crippen molar-refractivity contribution in [2.45, 2.75) is 45.1 Å². The molecule has 22 heavy (non-hydrogen) atoms. The van der Waals surface area contributed by atoms with Crippen LogP contribution in [0.15, 0.2) is 24.3 Å². The molecule has 3 N–H and O–H groups in total. The van der Waals surface area contributed by atoms with Gasteiger partial charge in [0.15, 0.2) is 0 Å². The fourth-order valence-electron chi connectivity index (χ4n) is 2.39. The highest BCUT2D eigenvalue weighted by Gasteiger charge is 2.46. The minimum Gasteiger partial charge on any atom is -0.391 e. The molecule has 1 aromatic rings. The molecule has 2 amide bonds. The summed E-state index contributed by atoms with van der Waals surface area (Å²) in [5.41, 5.74) is 0.119. The van der Waals surface area contributed by atoms with Crippen LogP contribution in [0.2, 0.25) is 0 Å². The van der Waals surface area contributed by atoms with Crippen LogP contribution >= 0.6 is 0 Å². The van der Waals surface area contributed by atoms with Crippen LogP contribution in [0.4, 0.5) is 9.18 Å². The summed E-state index contributed by atoms with van der Waals surface area (Å²) in [6.07, 6.45) is 1.14. The second kappa shape index (κ2) is 6.24. The molecule has 2 rings (SSSR count). The van der Waals surface area contributed by atoms with Crippen LogP contribution in [0, 0.1) is 11.2 Å². The summed E-state index contributed by atoms with van der Waals surface area (Å²) in [6, 6.07) is 6.40. The predicted molar refractivity (Wildman–Crippen MR) is 84.2 cm³/mol. The first-order valence-corrected chi connectivity index (χ1v) is 7.69. The first-order valence-electron chi connectivity index (χ1n) is 7.69. The van der Waals surface area contributed by atoms with Gasteiger partial charge in [-0.15, -0.1) is 0 Å². The molecule has 0 aromatic heterocycles. The Kier molecular flexibility index (Phi) is 4.75. The summed E-state index contributed by atoms with van der Waals surface area (Å²) < 4.78 is 13.9. The van der Waals surface area contributed by atoms with Gasteiger partial charge in [0.25, 0.3) is 0 Å². The van der Waals surface area contributed by atoms with Crippen molar-refractivity contribution in [3.05, 3.63) is 35.6 Å². The zero-order valence-corrected chi connectivity index (χ0v) is 13.4. The van der Waals surface area contributed by atoms with Gasteiger partial charge in [-0.25, -0.2) is 9.18 Å². The molecule has 4 nitrogen and oxygen atoms in total. The molecule has 0 saturated heterocycles. The fraction of sp³-hybridized carbons (Fsp3) is 0.588. The van der Waals surface area contributed by atoms with Crippen LogP contribution in [0.25, 0.3) is 0 Å². The van der Waals surface area contributed by atoms with Gasteiger partial charge in [-0.2, -0.15) is 0 Å². The second-order valence-corrected chi connectivity index (χ2v) is 7.21. The highest BCUT2D eigenvalue weighted by Crippen LogP contribution is 2.48. The molecule has 0 spiro atoms. The lowest BCUT2D eigenvalue weighted by molar-refractivity contribution is 0.0650. The Bertz CT molecular complexity index is 536. The van der Waals surface area contributed by atoms with Gasteiger partial charge in [-0.1, -0.05) is 39.0 Å². The Morgan fingerprint density at radius 3 is 2.50 bits per heavy atom. The Morgan fingerprint density at radius 2 is 1.95 bits per heavy atom. The van der Waals surface area contributed by atoms with Crippen molar-refractivity contribution in [2.24, 2.45) is 5.41 Å². The summed E-state index contributed by atoms with van der Waals surface area (Å²) in [7, 11) is 0. The molecule has 1 aliphatic carbocycles. The lowest BCUT2D eigenvalue weighted by Gasteiger charge is -2.26. The summed E-state index contributed by atoms with van der Waals surface area (Å²) in [5.74, 6) is -0.217. The maximum absolute atomic E-state index is 13.9. The van der Waals surface area contributed by atoms with Gasteiger partial charge in [0, 0.05) is 18.5 Å². The summed E-state index contributed by atoms with van der Waals surface area (Å²) >= 11 is 0. The quantitative estimate of drug-likeness (QED) is 0.783. The van der Waals surface area contributed by atoms with E-state index >= 15 is 0 Å². The van der Waals surface area contributed by atoms with E-state index in [2.05, 4.69) is 10.6 Å². The average Bonchev–Trinajstić information content (AvgIpc) is 3.23. The molecule has 0 bridgehead atoms. The number of aliphatic hydroxyl groups is 1. The van der Waals surface area contributed by atoms with E-state index in [9.17, 15) is 14.3 Å². The fourth-order valence-corrected chi connectivity index (χ4v) is 2.39. The molecule has 1 aromatic carbocycles. The third kappa shape index (κ3) is 3.97. The van der Waals surface area contributed by atoms with E-state index in [1.165, 1.54) is 6.07 Å². The molecular weight excluding hydrogens is 283 g/mol. The van der Waals surface area contributed by atoms with Gasteiger partial charge in [-0.3, -0.25) is 0 Å². The lowest BCUT2D eigenvalue weighted by Crippen LogP contribution is -2.45. The van der Waals surface area contributed by atoms with Crippen molar-refractivity contribution < 1.29 is 14.3 Å². The minimum absolute atomic E-state index is 0.196. The largest absolute Gasteiger partial charge is 0.391 e. The van der Waals surface area contributed by atoms with E-state index < -0.39 is 6.10 Å². The molecule has 1 fully saturated rings. The van der Waals surface area contributed by atoms with Crippen LogP contribution in [0.1, 0.15) is 39.2 Å². The van der Waals surface area contributed by atoms with Crippen molar-refractivity contribution >= 4 is 6.03 Å². The van der Waals surface area contributed by atoms with Crippen LogP contribution < -0.4 is 10.6 Å². The van der Waals surface area contributed by atoms with E-state index in [0.29, 0.717) is 12.1 Å². The second-order valence-electron chi connectivity index (χ2n) is 7.21. The normalized spacial score (nSPS) is 17.7. The van der Waals surface area contributed by atoms with Gasteiger partial charge < -0.3 is 15.7 Å². The molecule has 0 radical (unpaired) electrons. The maximum atomic E-state index is 13.9. The number of nitrogens with one attached hydrogen (secondary N) is 2. The third-order valence-electron chi connectivity index (χ3n) is 4.34. The SMILES string of the molecule is CC(C)(C)C(O)CNC(=O)NCC1(c2ccccc2F)CC1. The molecule has 5 heteroatoms. The van der Waals surface area contributed by atoms with Gasteiger partial charge >= 0.3 is 6.03 Å². The van der Waals surface area contributed by atoms with E-state index in [-0.39, 0.29) is 29.2 Å². The molecule has 1 saturated carbocycles. The van der Waals surface area contributed by atoms with Crippen molar-refractivity contribution in [1.29, 1.82) is 0 Å². The zero-order chi connectivity index (χ0) is 16.4. The van der Waals surface area contributed by atoms with E-state index in [4.69, 9.17) is 0 Å². The average molecular weight is 308 g/mol. The summed E-state index contributed by atoms with van der Waals surface area (Å²) in [5, 5.41) is 15.3. The Labute approximate surface area is 131 Å². The van der Waals surface area contributed by atoms with Crippen LogP contribution in [0.3, 0.4) is 0 Å². The van der Waals surface area contributed by atoms with Gasteiger partial charge in [-0.05, 0) is 29.9 Å². The first kappa shape index (κ1) is 16.7. The summed E-state index contributed by atoms with van der Waals surface area (Å²) in [4.78, 5) is 11.8. The van der Waals surface area contributed by atoms with Crippen LogP contribution in [0.5, 0.6) is 0 Å². The number of hydrogen-bond donors (Lipinski definition) is 3. The predicted octanol–water partition coefficient (Wildman–Crippen LogP) is 2.56. The number of urea groups is 1. The molecule has 1 unspecified atom stereocenters. The Morgan fingerprint density at radius 1 is 1.32 bits per heavy atom. The minimum atomic E-state index is -0.611. The van der Waals surface area contributed by atoms with Crippen LogP contribution in [-0.2, 0) is 5.41 Å². The number of rotatable bonds is 5. The van der Waals surface area contributed by atoms with Crippen molar-refractivity contribution in [2.75, 3.05) is 13.1 Å². The zero-order valence-electron chi connectivity index (χ0n) is 13.4. The molecule has 122 valence electrons. The van der Waals surface area contributed by atoms with Gasteiger partial charge in [0.2, 0.25) is 0 Å². The third-order valence-corrected chi connectivity index (χ3v) is 4.34. The molecular formula is C17H25FN2O2. The first-order chi connectivity index (χ1) is 10.2. The molecule has 1 atom stereocenters. The molecule has 1 aliphatic rings. The molecule has 0 heterocycles. The Hall–Kier alpha value is -1.62. The lowest BCUT2D eigenvalue weighted by atomic mass is 9.89. The maximum Gasteiger partial charge on any atom is 0.314 e. The van der Waals surface area contributed by atoms with E-state index in [1.54, 1.807) is 12.1 Å². The topological polar surface area (TPSA) is 61.4 Å². The van der Waals surface area contributed by atoms with E-state index in [0.717, 1.165) is 12.8 Å². The number of hydrogen-bond acceptors (Lipinski definition) is 2.